The van der Waals surface area contributed by atoms with E-state index in [4.69, 9.17) is 0 Å². The highest BCUT2D eigenvalue weighted by atomic mass is 16.3. The van der Waals surface area contributed by atoms with Crippen LogP contribution in [0.4, 0.5) is 5.69 Å². The minimum absolute atomic E-state index is 0.0180. The van der Waals surface area contributed by atoms with Gasteiger partial charge in [-0.15, -0.1) is 0 Å². The Kier molecular flexibility index (Phi) is 6.32. The summed E-state index contributed by atoms with van der Waals surface area (Å²) in [6.07, 6.45) is 0.595. The predicted molar refractivity (Wildman–Crippen MR) is 93.3 cm³/mol. The average Bonchev–Trinajstić information content (AvgIpc) is 2.53. The molecule has 4 nitrogen and oxygen atoms in total. The smallest absolute Gasteiger partial charge is 0.238 e. The van der Waals surface area contributed by atoms with Gasteiger partial charge < -0.3 is 10.4 Å². The lowest BCUT2D eigenvalue weighted by atomic mass is 10.0. The molecule has 23 heavy (non-hydrogen) atoms. The minimum Gasteiger partial charge on any atom is -0.396 e. The number of aryl methyl sites for hydroxylation is 1. The lowest BCUT2D eigenvalue weighted by Crippen LogP contribution is -2.33. The monoisotopic (exact) mass is 312 g/mol. The number of nitrogens with zero attached hydrogens (tertiary/aromatic N) is 1. The maximum absolute atomic E-state index is 12.3. The van der Waals surface area contributed by atoms with Crippen molar-refractivity contribution < 1.29 is 9.90 Å². The summed E-state index contributed by atoms with van der Waals surface area (Å²) in [6.45, 7) is 2.35. The van der Waals surface area contributed by atoms with E-state index in [0.717, 1.165) is 16.8 Å². The molecule has 0 fully saturated rings. The lowest BCUT2D eigenvalue weighted by molar-refractivity contribution is -0.117. The van der Waals surface area contributed by atoms with Crippen LogP contribution in [-0.4, -0.2) is 36.1 Å². The van der Waals surface area contributed by atoms with Gasteiger partial charge in [-0.05, 0) is 43.7 Å². The topological polar surface area (TPSA) is 52.6 Å². The molecular formula is C19H24N2O2. The van der Waals surface area contributed by atoms with Crippen molar-refractivity contribution in [3.8, 4) is 0 Å². The molecule has 4 heteroatoms. The molecule has 0 aliphatic carbocycles. The first-order chi connectivity index (χ1) is 11.1. The van der Waals surface area contributed by atoms with Crippen LogP contribution in [0.25, 0.3) is 0 Å². The molecule has 1 atom stereocenters. The number of aliphatic hydroxyl groups is 1. The molecule has 0 aliphatic heterocycles. The summed E-state index contributed by atoms with van der Waals surface area (Å²) in [5.41, 5.74) is 3.02. The van der Waals surface area contributed by atoms with Crippen LogP contribution in [0.5, 0.6) is 0 Å². The second kappa shape index (κ2) is 8.46. The molecule has 2 aromatic carbocycles. The van der Waals surface area contributed by atoms with E-state index in [0.29, 0.717) is 6.42 Å². The third-order valence-corrected chi connectivity index (χ3v) is 3.81. The van der Waals surface area contributed by atoms with Crippen LogP contribution < -0.4 is 5.32 Å². The van der Waals surface area contributed by atoms with E-state index < -0.39 is 0 Å². The number of hydrogen-bond donors (Lipinski definition) is 2. The molecule has 1 amide bonds. The number of aliphatic hydroxyl groups excluding tert-OH is 1. The van der Waals surface area contributed by atoms with Gasteiger partial charge in [0.05, 0.1) is 6.54 Å². The van der Waals surface area contributed by atoms with Crippen molar-refractivity contribution in [2.24, 2.45) is 0 Å². The summed E-state index contributed by atoms with van der Waals surface area (Å²) < 4.78 is 0. The molecule has 0 heterocycles. The maximum Gasteiger partial charge on any atom is 0.238 e. The van der Waals surface area contributed by atoms with E-state index in [1.165, 1.54) is 0 Å². The first-order valence-electron chi connectivity index (χ1n) is 7.82. The van der Waals surface area contributed by atoms with Gasteiger partial charge in [-0.1, -0.05) is 42.5 Å². The fourth-order valence-electron chi connectivity index (χ4n) is 2.70. The Hall–Kier alpha value is -2.17. The summed E-state index contributed by atoms with van der Waals surface area (Å²) in [5, 5.41) is 12.2. The maximum atomic E-state index is 12.3. The molecular weight excluding hydrogens is 288 g/mol. The van der Waals surface area contributed by atoms with Crippen molar-refractivity contribution in [1.29, 1.82) is 0 Å². The normalized spacial score (nSPS) is 12.2. The van der Waals surface area contributed by atoms with Crippen LogP contribution in [-0.2, 0) is 4.79 Å². The molecule has 0 aliphatic rings. The first-order valence-corrected chi connectivity index (χ1v) is 7.82. The van der Waals surface area contributed by atoms with Gasteiger partial charge in [0.25, 0.3) is 0 Å². The van der Waals surface area contributed by atoms with E-state index in [9.17, 15) is 9.90 Å². The van der Waals surface area contributed by atoms with Gasteiger partial charge >= 0.3 is 0 Å². The number of likely N-dealkylation sites (N-methyl/N-ethyl adjacent to an activating group) is 1. The number of carbonyl (C=O) groups is 1. The molecule has 2 rings (SSSR count). The Morgan fingerprint density at radius 2 is 1.91 bits per heavy atom. The fourth-order valence-corrected chi connectivity index (χ4v) is 2.70. The molecule has 2 N–H and O–H groups in total. The highest BCUT2D eigenvalue weighted by Gasteiger charge is 2.18. The largest absolute Gasteiger partial charge is 0.396 e. The molecule has 1 unspecified atom stereocenters. The number of hydrogen-bond acceptors (Lipinski definition) is 3. The summed E-state index contributed by atoms with van der Waals surface area (Å²) in [6, 6.07) is 17.7. The van der Waals surface area contributed by atoms with E-state index >= 15 is 0 Å². The minimum atomic E-state index is -0.0584. The molecule has 0 aromatic heterocycles. The van der Waals surface area contributed by atoms with Gasteiger partial charge in [-0.2, -0.15) is 0 Å². The van der Waals surface area contributed by atoms with Crippen LogP contribution in [0.3, 0.4) is 0 Å². The molecule has 0 bridgehead atoms. The number of amides is 1. The van der Waals surface area contributed by atoms with Crippen LogP contribution >= 0.6 is 0 Å². The zero-order valence-corrected chi connectivity index (χ0v) is 13.7. The first kappa shape index (κ1) is 17.2. The molecule has 0 saturated heterocycles. The van der Waals surface area contributed by atoms with E-state index in [1.807, 2.05) is 73.5 Å². The molecule has 122 valence electrons. The Labute approximate surface area is 137 Å². The van der Waals surface area contributed by atoms with Crippen LogP contribution in [0.1, 0.15) is 23.6 Å². The van der Waals surface area contributed by atoms with E-state index in [1.54, 1.807) is 0 Å². The molecule has 0 radical (unpaired) electrons. The van der Waals surface area contributed by atoms with Gasteiger partial charge in [0, 0.05) is 18.3 Å². The van der Waals surface area contributed by atoms with Gasteiger partial charge in [-0.25, -0.2) is 0 Å². The Morgan fingerprint density at radius 1 is 1.17 bits per heavy atom. The van der Waals surface area contributed by atoms with Crippen molar-refractivity contribution >= 4 is 11.6 Å². The van der Waals surface area contributed by atoms with E-state index in [-0.39, 0.29) is 25.1 Å². The molecule has 0 spiro atoms. The molecule has 2 aromatic rings. The van der Waals surface area contributed by atoms with Gasteiger partial charge in [0.15, 0.2) is 0 Å². The van der Waals surface area contributed by atoms with Crippen molar-refractivity contribution in [2.75, 3.05) is 25.5 Å². The quantitative estimate of drug-likeness (QED) is 0.826. The predicted octanol–water partition coefficient (Wildman–Crippen LogP) is 2.99. The third kappa shape index (κ3) is 5.20. The number of anilines is 1. The Bertz CT molecular complexity index is 628. The Morgan fingerprint density at radius 3 is 2.57 bits per heavy atom. The van der Waals surface area contributed by atoms with Gasteiger partial charge in [-0.3, -0.25) is 9.69 Å². The van der Waals surface area contributed by atoms with Gasteiger partial charge in [0.1, 0.15) is 0 Å². The summed E-state index contributed by atoms with van der Waals surface area (Å²) in [7, 11) is 1.91. The Balaban J connectivity index is 2.00. The van der Waals surface area contributed by atoms with Crippen LogP contribution in [0, 0.1) is 6.92 Å². The number of carbonyl (C=O) groups excluding carboxylic acids is 1. The van der Waals surface area contributed by atoms with Crippen LogP contribution in [0.15, 0.2) is 54.6 Å². The standard InChI is InChI=1S/C19H24N2O2/c1-15-7-6-10-17(13-15)20-19(23)14-21(2)18(11-12-22)16-8-4-3-5-9-16/h3-10,13,18,22H,11-12,14H2,1-2H3,(H,20,23). The third-order valence-electron chi connectivity index (χ3n) is 3.81. The second-order valence-corrected chi connectivity index (χ2v) is 5.77. The number of rotatable bonds is 7. The molecule has 0 saturated carbocycles. The van der Waals surface area contributed by atoms with Crippen molar-refractivity contribution in [1.82, 2.24) is 4.90 Å². The van der Waals surface area contributed by atoms with Crippen molar-refractivity contribution in [3.63, 3.8) is 0 Å². The average molecular weight is 312 g/mol. The lowest BCUT2D eigenvalue weighted by Gasteiger charge is -2.27. The van der Waals surface area contributed by atoms with Gasteiger partial charge in [0.2, 0.25) is 5.91 Å². The summed E-state index contributed by atoms with van der Waals surface area (Å²) in [4.78, 5) is 14.2. The zero-order chi connectivity index (χ0) is 16.7. The number of benzene rings is 2. The summed E-state index contributed by atoms with van der Waals surface area (Å²) in [5.74, 6) is -0.0584. The van der Waals surface area contributed by atoms with Crippen molar-refractivity contribution in [3.05, 3.63) is 65.7 Å². The highest BCUT2D eigenvalue weighted by Crippen LogP contribution is 2.22. The summed E-state index contributed by atoms with van der Waals surface area (Å²) >= 11 is 0. The highest BCUT2D eigenvalue weighted by molar-refractivity contribution is 5.92. The number of nitrogens with one attached hydrogen (secondary N) is 1. The SMILES string of the molecule is Cc1cccc(NC(=O)CN(C)C(CCO)c2ccccc2)c1. The zero-order valence-electron chi connectivity index (χ0n) is 13.7. The fraction of sp³-hybridized carbons (Fsp3) is 0.316. The van der Waals surface area contributed by atoms with Crippen molar-refractivity contribution in [2.45, 2.75) is 19.4 Å². The van der Waals surface area contributed by atoms with Crippen LogP contribution in [0.2, 0.25) is 0 Å². The van der Waals surface area contributed by atoms with E-state index in [2.05, 4.69) is 5.32 Å². The second-order valence-electron chi connectivity index (χ2n) is 5.77.